The molecule has 0 fully saturated rings. The smallest absolute Gasteiger partial charge is 0.355 e. The van der Waals surface area contributed by atoms with Crippen LogP contribution in [0.1, 0.15) is 43.7 Å². The number of amides is 1. The van der Waals surface area contributed by atoms with E-state index in [1.165, 1.54) is 32.4 Å². The third kappa shape index (κ3) is 4.56. The summed E-state index contributed by atoms with van der Waals surface area (Å²) < 4.78 is 9.54. The predicted octanol–water partition coefficient (Wildman–Crippen LogP) is 2.11. The van der Waals surface area contributed by atoms with Crippen LogP contribution in [0.4, 0.5) is 5.69 Å². The average Bonchev–Trinajstić information content (AvgIpc) is 3.11. The Morgan fingerprint density at radius 3 is 2.42 bits per heavy atom. The summed E-state index contributed by atoms with van der Waals surface area (Å²) in [5.74, 6) is -2.05. The molecule has 1 heterocycles. The number of nitrogens with one attached hydrogen (secondary N) is 2. The van der Waals surface area contributed by atoms with Gasteiger partial charge in [0.05, 0.1) is 12.7 Å². The first kappa shape index (κ1) is 18.9. The first-order valence-corrected chi connectivity index (χ1v) is 7.67. The monoisotopic (exact) mass is 358 g/mol. The molecule has 136 valence electrons. The number of carbonyl (C=O) groups excluding carboxylic acids is 4. The second kappa shape index (κ2) is 8.11. The van der Waals surface area contributed by atoms with Crippen LogP contribution in [0.25, 0.3) is 0 Å². The van der Waals surface area contributed by atoms with Gasteiger partial charge in [-0.05, 0) is 37.6 Å². The zero-order chi connectivity index (χ0) is 19.3. The number of ether oxygens (including phenoxy) is 2. The summed E-state index contributed by atoms with van der Waals surface area (Å²) in [7, 11) is 1.26. The lowest BCUT2D eigenvalue weighted by Gasteiger charge is -2.10. The summed E-state index contributed by atoms with van der Waals surface area (Å²) >= 11 is 0. The normalized spacial score (nSPS) is 10.1. The second-order valence-electron chi connectivity index (χ2n) is 5.50. The number of ketones is 1. The zero-order valence-electron chi connectivity index (χ0n) is 14.5. The maximum atomic E-state index is 12.0. The molecule has 0 aliphatic heterocycles. The molecule has 0 saturated carbocycles. The number of methoxy groups -OCH3 is 1. The Bertz CT molecular complexity index is 868. The molecule has 0 spiro atoms. The van der Waals surface area contributed by atoms with Gasteiger partial charge in [-0.1, -0.05) is 6.07 Å². The van der Waals surface area contributed by atoms with Gasteiger partial charge in [-0.15, -0.1) is 0 Å². The Morgan fingerprint density at radius 1 is 1.08 bits per heavy atom. The van der Waals surface area contributed by atoms with Gasteiger partial charge in [-0.25, -0.2) is 9.59 Å². The van der Waals surface area contributed by atoms with E-state index in [0.29, 0.717) is 11.3 Å². The number of hydrogen-bond donors (Lipinski definition) is 2. The lowest BCUT2D eigenvalue weighted by atomic mass is 10.1. The van der Waals surface area contributed by atoms with Crippen LogP contribution in [0.3, 0.4) is 0 Å². The van der Waals surface area contributed by atoms with E-state index in [2.05, 4.69) is 15.0 Å². The molecule has 2 N–H and O–H groups in total. The summed E-state index contributed by atoms with van der Waals surface area (Å²) in [4.78, 5) is 49.3. The van der Waals surface area contributed by atoms with Crippen LogP contribution in [0, 0.1) is 6.92 Å². The molecule has 0 aliphatic rings. The summed E-state index contributed by atoms with van der Waals surface area (Å²) in [5, 5.41) is 2.57. The highest BCUT2D eigenvalue weighted by atomic mass is 16.5. The number of H-pyrrole nitrogens is 1. The molecule has 26 heavy (non-hydrogen) atoms. The Balaban J connectivity index is 1.97. The van der Waals surface area contributed by atoms with Gasteiger partial charge in [0.15, 0.2) is 12.4 Å². The van der Waals surface area contributed by atoms with Crippen molar-refractivity contribution in [1.82, 2.24) is 4.98 Å². The van der Waals surface area contributed by atoms with Gasteiger partial charge in [0.25, 0.3) is 5.91 Å². The van der Waals surface area contributed by atoms with Gasteiger partial charge < -0.3 is 19.8 Å². The lowest BCUT2D eigenvalue weighted by molar-refractivity contribution is -0.119. The number of aromatic nitrogens is 1. The molecule has 0 atom stereocenters. The van der Waals surface area contributed by atoms with Crippen LogP contribution >= 0.6 is 0 Å². The highest BCUT2D eigenvalue weighted by Gasteiger charge is 2.15. The van der Waals surface area contributed by atoms with E-state index in [-0.39, 0.29) is 17.0 Å². The Morgan fingerprint density at radius 2 is 1.81 bits per heavy atom. The van der Waals surface area contributed by atoms with E-state index >= 15 is 0 Å². The van der Waals surface area contributed by atoms with Crippen LogP contribution in [-0.2, 0) is 14.3 Å². The zero-order valence-corrected chi connectivity index (χ0v) is 14.5. The molecule has 8 nitrogen and oxygen atoms in total. The van der Waals surface area contributed by atoms with Crippen LogP contribution in [0.15, 0.2) is 30.5 Å². The first-order chi connectivity index (χ1) is 12.3. The Labute approximate surface area is 149 Å². The lowest BCUT2D eigenvalue weighted by Crippen LogP contribution is -2.21. The van der Waals surface area contributed by atoms with Crippen molar-refractivity contribution in [2.75, 3.05) is 19.0 Å². The number of esters is 2. The van der Waals surface area contributed by atoms with E-state index < -0.39 is 24.5 Å². The van der Waals surface area contributed by atoms with Crippen LogP contribution in [0.5, 0.6) is 0 Å². The molecular weight excluding hydrogens is 340 g/mol. The number of aromatic amines is 1. The van der Waals surface area contributed by atoms with Crippen molar-refractivity contribution in [3.05, 3.63) is 52.8 Å². The molecule has 0 saturated heterocycles. The van der Waals surface area contributed by atoms with Gasteiger partial charge in [-0.2, -0.15) is 0 Å². The third-order valence-electron chi connectivity index (χ3n) is 3.58. The van der Waals surface area contributed by atoms with Crippen molar-refractivity contribution >= 4 is 29.3 Å². The second-order valence-corrected chi connectivity index (χ2v) is 5.50. The largest absolute Gasteiger partial charge is 0.465 e. The van der Waals surface area contributed by atoms with Crippen LogP contribution in [-0.4, -0.2) is 42.3 Å². The molecule has 8 heteroatoms. The van der Waals surface area contributed by atoms with Gasteiger partial charge in [0.1, 0.15) is 5.69 Å². The van der Waals surface area contributed by atoms with Crippen molar-refractivity contribution in [1.29, 1.82) is 0 Å². The molecular formula is C18H18N2O6. The molecule has 0 aliphatic carbocycles. The van der Waals surface area contributed by atoms with E-state index in [1.807, 2.05) is 0 Å². The number of anilines is 1. The summed E-state index contributed by atoms with van der Waals surface area (Å²) in [6.45, 7) is 2.61. The standard InChI is InChI=1S/C18H18N2O6/c1-10-4-5-12(17(23)25-3)6-14(10)20-16(22)9-26-18(24)15-7-13(8-19-15)11(2)21/h4-8,19H,9H2,1-3H3,(H,20,22). The molecule has 0 unspecified atom stereocenters. The number of carbonyl (C=O) groups is 4. The molecule has 1 aromatic heterocycles. The number of hydrogen-bond acceptors (Lipinski definition) is 6. The topological polar surface area (TPSA) is 115 Å². The fourth-order valence-electron chi connectivity index (χ4n) is 2.11. The number of rotatable bonds is 6. The predicted molar refractivity (Wildman–Crippen MR) is 92.2 cm³/mol. The van der Waals surface area contributed by atoms with Crippen molar-refractivity contribution in [3.8, 4) is 0 Å². The maximum absolute atomic E-state index is 12.0. The Kier molecular flexibility index (Phi) is 5.90. The quantitative estimate of drug-likeness (QED) is 0.604. The van der Waals surface area contributed by atoms with Crippen LogP contribution in [0.2, 0.25) is 0 Å². The highest BCUT2D eigenvalue weighted by Crippen LogP contribution is 2.17. The van der Waals surface area contributed by atoms with Crippen molar-refractivity contribution in [2.45, 2.75) is 13.8 Å². The number of Topliss-reactive ketones (excluding diaryl/α,β-unsaturated/α-hetero) is 1. The fraction of sp³-hybridized carbons (Fsp3) is 0.222. The van der Waals surface area contributed by atoms with E-state index in [9.17, 15) is 19.2 Å². The minimum Gasteiger partial charge on any atom is -0.465 e. The first-order valence-electron chi connectivity index (χ1n) is 7.67. The number of aryl methyl sites for hydroxylation is 1. The summed E-state index contributed by atoms with van der Waals surface area (Å²) in [5.41, 5.74) is 1.84. The maximum Gasteiger partial charge on any atom is 0.355 e. The van der Waals surface area contributed by atoms with Gasteiger partial charge in [0.2, 0.25) is 0 Å². The van der Waals surface area contributed by atoms with E-state index in [1.54, 1.807) is 19.1 Å². The number of benzene rings is 1. The summed E-state index contributed by atoms with van der Waals surface area (Å²) in [6.07, 6.45) is 1.39. The van der Waals surface area contributed by atoms with Crippen LogP contribution < -0.4 is 5.32 Å². The minimum absolute atomic E-state index is 0.0758. The average molecular weight is 358 g/mol. The van der Waals surface area contributed by atoms with Crippen molar-refractivity contribution in [3.63, 3.8) is 0 Å². The van der Waals surface area contributed by atoms with E-state index in [4.69, 9.17) is 4.74 Å². The van der Waals surface area contributed by atoms with Gasteiger partial charge in [-0.3, -0.25) is 9.59 Å². The van der Waals surface area contributed by atoms with Gasteiger partial charge in [0, 0.05) is 17.4 Å². The van der Waals surface area contributed by atoms with Crippen molar-refractivity contribution in [2.24, 2.45) is 0 Å². The molecule has 1 aromatic carbocycles. The highest BCUT2D eigenvalue weighted by molar-refractivity contribution is 5.99. The fourth-order valence-corrected chi connectivity index (χ4v) is 2.11. The van der Waals surface area contributed by atoms with E-state index in [0.717, 1.165) is 5.56 Å². The molecule has 0 bridgehead atoms. The molecule has 1 amide bonds. The summed E-state index contributed by atoms with van der Waals surface area (Å²) in [6, 6.07) is 6.07. The van der Waals surface area contributed by atoms with Gasteiger partial charge >= 0.3 is 11.9 Å². The molecule has 0 radical (unpaired) electrons. The van der Waals surface area contributed by atoms with Crippen molar-refractivity contribution < 1.29 is 28.7 Å². The SMILES string of the molecule is COC(=O)c1ccc(C)c(NC(=O)COC(=O)c2cc(C(C)=O)c[nH]2)c1. The molecule has 2 aromatic rings. The third-order valence-corrected chi connectivity index (χ3v) is 3.58. The Hall–Kier alpha value is -3.42. The minimum atomic E-state index is -0.757. The molecule has 2 rings (SSSR count).